The average Bonchev–Trinajstić information content (AvgIpc) is 2.48. The van der Waals surface area contributed by atoms with E-state index < -0.39 is 5.97 Å². The van der Waals surface area contributed by atoms with E-state index in [0.717, 1.165) is 11.1 Å². The van der Waals surface area contributed by atoms with Crippen molar-refractivity contribution in [2.45, 2.75) is 13.5 Å². The van der Waals surface area contributed by atoms with E-state index >= 15 is 0 Å². The monoisotopic (exact) mass is 290 g/mol. The van der Waals surface area contributed by atoms with Gasteiger partial charge in [0.2, 0.25) is 0 Å². The van der Waals surface area contributed by atoms with Crippen LogP contribution in [0.25, 0.3) is 0 Å². The second-order valence-corrected chi connectivity index (χ2v) is 4.77. The third kappa shape index (κ3) is 3.31. The molecule has 0 bridgehead atoms. The number of esters is 1. The van der Waals surface area contributed by atoms with E-state index in [9.17, 15) is 4.79 Å². The normalized spacial score (nSPS) is 10.2. The molecule has 2 aromatic rings. The minimum Gasteiger partial charge on any atom is -0.489 e. The molecule has 2 rings (SSSR count). The molecule has 0 saturated carbocycles. The van der Waals surface area contributed by atoms with Gasteiger partial charge < -0.3 is 9.47 Å². The minimum absolute atomic E-state index is 0.325. The smallest absolute Gasteiger partial charge is 0.339 e. The van der Waals surface area contributed by atoms with Crippen LogP contribution in [0.4, 0.5) is 0 Å². The van der Waals surface area contributed by atoms with Crippen molar-refractivity contribution in [3.05, 3.63) is 64.2 Å². The Morgan fingerprint density at radius 3 is 2.55 bits per heavy atom. The number of halogens is 1. The van der Waals surface area contributed by atoms with E-state index in [2.05, 4.69) is 4.74 Å². The quantitative estimate of drug-likeness (QED) is 0.798. The highest BCUT2D eigenvalue weighted by Gasteiger charge is 2.14. The molecule has 0 spiro atoms. The van der Waals surface area contributed by atoms with Crippen LogP contribution in [0.2, 0.25) is 5.02 Å². The van der Waals surface area contributed by atoms with Gasteiger partial charge in [-0.05, 0) is 30.2 Å². The van der Waals surface area contributed by atoms with Gasteiger partial charge in [-0.3, -0.25) is 0 Å². The van der Waals surface area contributed by atoms with Crippen molar-refractivity contribution in [1.82, 2.24) is 0 Å². The van der Waals surface area contributed by atoms with Gasteiger partial charge in [0.15, 0.2) is 0 Å². The van der Waals surface area contributed by atoms with Crippen LogP contribution in [0.3, 0.4) is 0 Å². The fraction of sp³-hybridized carbons (Fsp3) is 0.188. The summed E-state index contributed by atoms with van der Waals surface area (Å²) in [6.45, 7) is 2.32. The SMILES string of the molecule is COC(=O)c1cc(C)c(OCc2ccccc2)cc1Cl. The van der Waals surface area contributed by atoms with Crippen molar-refractivity contribution in [2.24, 2.45) is 0 Å². The molecule has 0 heterocycles. The molecule has 0 aromatic heterocycles. The number of ether oxygens (including phenoxy) is 2. The van der Waals surface area contributed by atoms with Crippen LogP contribution in [0.1, 0.15) is 21.5 Å². The average molecular weight is 291 g/mol. The maximum atomic E-state index is 11.5. The van der Waals surface area contributed by atoms with Crippen LogP contribution in [-0.4, -0.2) is 13.1 Å². The van der Waals surface area contributed by atoms with Gasteiger partial charge in [-0.15, -0.1) is 0 Å². The highest BCUT2D eigenvalue weighted by atomic mass is 35.5. The first-order valence-corrected chi connectivity index (χ1v) is 6.55. The predicted molar refractivity (Wildman–Crippen MR) is 78.3 cm³/mol. The summed E-state index contributed by atoms with van der Waals surface area (Å²) < 4.78 is 10.4. The molecule has 0 aliphatic heterocycles. The fourth-order valence-corrected chi connectivity index (χ4v) is 2.05. The Hall–Kier alpha value is -2.00. The molecule has 0 unspecified atom stereocenters. The van der Waals surface area contributed by atoms with Gasteiger partial charge in [-0.25, -0.2) is 4.79 Å². The zero-order valence-electron chi connectivity index (χ0n) is 11.4. The molecule has 3 nitrogen and oxygen atoms in total. The van der Waals surface area contributed by atoms with E-state index in [0.29, 0.717) is 22.9 Å². The summed E-state index contributed by atoms with van der Waals surface area (Å²) in [6, 6.07) is 13.2. The number of benzene rings is 2. The van der Waals surface area contributed by atoms with Crippen molar-refractivity contribution in [3.8, 4) is 5.75 Å². The number of methoxy groups -OCH3 is 1. The molecule has 104 valence electrons. The fourth-order valence-electron chi connectivity index (χ4n) is 1.82. The van der Waals surface area contributed by atoms with Gasteiger partial charge in [0.25, 0.3) is 0 Å². The van der Waals surface area contributed by atoms with Crippen molar-refractivity contribution in [2.75, 3.05) is 7.11 Å². The van der Waals surface area contributed by atoms with Gasteiger partial charge in [-0.2, -0.15) is 0 Å². The van der Waals surface area contributed by atoms with E-state index in [4.69, 9.17) is 16.3 Å². The summed E-state index contributed by atoms with van der Waals surface area (Å²) in [5, 5.41) is 0.325. The predicted octanol–water partition coefficient (Wildman–Crippen LogP) is 4.01. The number of aryl methyl sites for hydroxylation is 1. The lowest BCUT2D eigenvalue weighted by Gasteiger charge is -2.11. The zero-order chi connectivity index (χ0) is 14.5. The molecule has 0 aliphatic rings. The summed E-state index contributed by atoms with van der Waals surface area (Å²) in [6.07, 6.45) is 0. The number of hydrogen-bond acceptors (Lipinski definition) is 3. The van der Waals surface area contributed by atoms with Crippen LogP contribution in [0.5, 0.6) is 5.75 Å². The van der Waals surface area contributed by atoms with Gasteiger partial charge >= 0.3 is 5.97 Å². The highest BCUT2D eigenvalue weighted by molar-refractivity contribution is 6.33. The lowest BCUT2D eigenvalue weighted by Crippen LogP contribution is -2.04. The maximum Gasteiger partial charge on any atom is 0.339 e. The minimum atomic E-state index is -0.451. The molecular formula is C16H15ClO3. The lowest BCUT2D eigenvalue weighted by molar-refractivity contribution is 0.0601. The highest BCUT2D eigenvalue weighted by Crippen LogP contribution is 2.28. The first-order valence-electron chi connectivity index (χ1n) is 6.17. The maximum absolute atomic E-state index is 11.5. The van der Waals surface area contributed by atoms with Gasteiger partial charge in [0, 0.05) is 0 Å². The summed E-state index contributed by atoms with van der Waals surface area (Å²) in [5.74, 6) is 0.208. The van der Waals surface area contributed by atoms with Gasteiger partial charge in [0.1, 0.15) is 12.4 Å². The molecule has 2 aromatic carbocycles. The van der Waals surface area contributed by atoms with E-state index in [1.807, 2.05) is 37.3 Å². The Morgan fingerprint density at radius 1 is 1.20 bits per heavy atom. The Kier molecular flexibility index (Phi) is 4.64. The molecule has 0 amide bonds. The summed E-state index contributed by atoms with van der Waals surface area (Å²) in [7, 11) is 1.33. The second-order valence-electron chi connectivity index (χ2n) is 4.36. The third-order valence-corrected chi connectivity index (χ3v) is 3.22. The molecule has 0 radical (unpaired) electrons. The molecule has 0 saturated heterocycles. The largest absolute Gasteiger partial charge is 0.489 e. The molecule has 20 heavy (non-hydrogen) atoms. The Balaban J connectivity index is 2.17. The van der Waals surface area contributed by atoms with Crippen LogP contribution in [0.15, 0.2) is 42.5 Å². The first-order chi connectivity index (χ1) is 9.61. The molecule has 4 heteroatoms. The molecule has 0 atom stereocenters. The van der Waals surface area contributed by atoms with Gasteiger partial charge in [0.05, 0.1) is 17.7 Å². The number of rotatable bonds is 4. The number of carbonyl (C=O) groups excluding carboxylic acids is 1. The van der Waals surface area contributed by atoms with Crippen molar-refractivity contribution < 1.29 is 14.3 Å². The Bertz CT molecular complexity index is 609. The molecule has 0 N–H and O–H groups in total. The van der Waals surface area contributed by atoms with Gasteiger partial charge in [-0.1, -0.05) is 41.9 Å². The standard InChI is InChI=1S/C16H15ClO3/c1-11-8-13(16(18)19-2)14(17)9-15(11)20-10-12-6-4-3-5-7-12/h3-9H,10H2,1-2H3. The summed E-state index contributed by atoms with van der Waals surface area (Å²) >= 11 is 6.08. The van der Waals surface area contributed by atoms with Crippen LogP contribution in [-0.2, 0) is 11.3 Å². The van der Waals surface area contributed by atoms with Crippen LogP contribution in [0, 0.1) is 6.92 Å². The lowest BCUT2D eigenvalue weighted by atomic mass is 10.1. The zero-order valence-corrected chi connectivity index (χ0v) is 12.1. The van der Waals surface area contributed by atoms with Crippen molar-refractivity contribution in [3.63, 3.8) is 0 Å². The second kappa shape index (κ2) is 6.44. The van der Waals surface area contributed by atoms with E-state index in [-0.39, 0.29) is 0 Å². The molecule has 0 fully saturated rings. The first kappa shape index (κ1) is 14.4. The number of hydrogen-bond donors (Lipinski definition) is 0. The summed E-state index contributed by atoms with van der Waals surface area (Å²) in [4.78, 5) is 11.5. The Labute approximate surface area is 123 Å². The topological polar surface area (TPSA) is 35.5 Å². The number of carbonyl (C=O) groups is 1. The van der Waals surface area contributed by atoms with E-state index in [1.54, 1.807) is 12.1 Å². The summed E-state index contributed by atoms with van der Waals surface area (Å²) in [5.41, 5.74) is 2.25. The third-order valence-electron chi connectivity index (χ3n) is 2.91. The van der Waals surface area contributed by atoms with Crippen molar-refractivity contribution >= 4 is 17.6 Å². The molecular weight excluding hydrogens is 276 g/mol. The van der Waals surface area contributed by atoms with Crippen molar-refractivity contribution in [1.29, 1.82) is 0 Å². The van der Waals surface area contributed by atoms with Crippen LogP contribution >= 0.6 is 11.6 Å². The molecule has 0 aliphatic carbocycles. The van der Waals surface area contributed by atoms with E-state index in [1.165, 1.54) is 7.11 Å². The van der Waals surface area contributed by atoms with Crippen LogP contribution < -0.4 is 4.74 Å². The Morgan fingerprint density at radius 2 is 1.90 bits per heavy atom.